The highest BCUT2D eigenvalue weighted by molar-refractivity contribution is 6.56. The number of carbonyl (C=O) groups excluding carboxylic acids is 1. The lowest BCUT2D eigenvalue weighted by Crippen LogP contribution is -2.45. The SMILES string of the molecule is COc1ncccc1C(C)(C)NC(=O)C1=NN=C2C1=CC1=C2C1. The summed E-state index contributed by atoms with van der Waals surface area (Å²) >= 11 is 0. The van der Waals surface area contributed by atoms with E-state index in [-0.39, 0.29) is 5.91 Å². The number of ether oxygens (including phenoxy) is 1. The number of methoxy groups -OCH3 is 1. The predicted octanol–water partition coefficient (Wildman–Crippen LogP) is 1.89. The molecule has 1 aromatic heterocycles. The monoisotopic (exact) mass is 308 g/mol. The van der Waals surface area contributed by atoms with Crippen LogP contribution in [-0.4, -0.2) is 29.4 Å². The van der Waals surface area contributed by atoms with E-state index in [0.717, 1.165) is 23.3 Å². The van der Waals surface area contributed by atoms with Crippen LogP contribution in [0.2, 0.25) is 0 Å². The number of nitrogens with one attached hydrogen (secondary N) is 1. The minimum absolute atomic E-state index is 0.242. The molecule has 0 radical (unpaired) electrons. The first-order chi connectivity index (χ1) is 11.0. The number of hydrogen-bond acceptors (Lipinski definition) is 5. The number of rotatable bonds is 4. The Kier molecular flexibility index (Phi) is 2.78. The Balaban J connectivity index is 1.56. The Labute approximate surface area is 133 Å². The number of allylic oxidation sites excluding steroid dienone is 3. The summed E-state index contributed by atoms with van der Waals surface area (Å²) in [6, 6.07) is 3.71. The number of aromatic nitrogens is 1. The summed E-state index contributed by atoms with van der Waals surface area (Å²) in [5, 5.41) is 11.2. The van der Waals surface area contributed by atoms with Crippen LogP contribution in [0.5, 0.6) is 5.88 Å². The number of hydrogen-bond donors (Lipinski definition) is 1. The molecule has 0 fully saturated rings. The van der Waals surface area contributed by atoms with Crippen LogP contribution in [0.4, 0.5) is 0 Å². The van der Waals surface area contributed by atoms with E-state index < -0.39 is 5.54 Å². The Hall–Kier alpha value is -2.76. The number of carbonyl (C=O) groups is 1. The van der Waals surface area contributed by atoms with Gasteiger partial charge in [-0.15, -0.1) is 10.2 Å². The van der Waals surface area contributed by atoms with Gasteiger partial charge in [0, 0.05) is 23.8 Å². The van der Waals surface area contributed by atoms with Crippen molar-refractivity contribution in [1.29, 1.82) is 0 Å². The quantitative estimate of drug-likeness (QED) is 0.923. The Morgan fingerprint density at radius 3 is 2.96 bits per heavy atom. The Morgan fingerprint density at radius 1 is 1.35 bits per heavy atom. The fourth-order valence-electron chi connectivity index (χ4n) is 2.98. The van der Waals surface area contributed by atoms with E-state index >= 15 is 0 Å². The molecule has 0 atom stereocenters. The molecule has 1 amide bonds. The summed E-state index contributed by atoms with van der Waals surface area (Å²) in [7, 11) is 1.56. The van der Waals surface area contributed by atoms with Gasteiger partial charge in [-0.05, 0) is 43.2 Å². The van der Waals surface area contributed by atoms with Gasteiger partial charge in [-0.3, -0.25) is 4.79 Å². The van der Waals surface area contributed by atoms with Crippen molar-refractivity contribution >= 4 is 17.3 Å². The van der Waals surface area contributed by atoms with Gasteiger partial charge in [0.25, 0.3) is 5.91 Å². The lowest BCUT2D eigenvalue weighted by Gasteiger charge is -2.27. The van der Waals surface area contributed by atoms with Crippen molar-refractivity contribution in [3.8, 4) is 5.88 Å². The zero-order valence-corrected chi connectivity index (χ0v) is 13.2. The second kappa shape index (κ2) is 4.62. The van der Waals surface area contributed by atoms with Crippen LogP contribution in [-0.2, 0) is 10.3 Å². The predicted molar refractivity (Wildman–Crippen MR) is 86.6 cm³/mol. The van der Waals surface area contributed by atoms with Crippen molar-refractivity contribution in [2.24, 2.45) is 10.2 Å². The largest absolute Gasteiger partial charge is 0.481 e. The summed E-state index contributed by atoms with van der Waals surface area (Å²) in [6.07, 6.45) is 4.65. The standard InChI is InChI=1S/C17H16N4O2/c1-17(2,12-5-4-6-18-16(12)23-3)19-15(22)14-11-8-9-7-10(9)13(11)20-21-14/h4-6,8H,7H2,1-3H3,(H,19,22). The minimum Gasteiger partial charge on any atom is -0.481 e. The van der Waals surface area contributed by atoms with Gasteiger partial charge in [-0.1, -0.05) is 0 Å². The van der Waals surface area contributed by atoms with E-state index in [2.05, 4.69) is 20.5 Å². The third kappa shape index (κ3) is 2.10. The van der Waals surface area contributed by atoms with Crippen molar-refractivity contribution in [2.45, 2.75) is 25.8 Å². The normalized spacial score (nSPS) is 18.0. The van der Waals surface area contributed by atoms with Gasteiger partial charge in [0.05, 0.1) is 18.4 Å². The molecule has 0 aromatic carbocycles. The van der Waals surface area contributed by atoms with Gasteiger partial charge in [0.15, 0.2) is 5.71 Å². The third-order valence-corrected chi connectivity index (χ3v) is 4.27. The second-order valence-electron chi connectivity index (χ2n) is 6.28. The van der Waals surface area contributed by atoms with E-state index in [1.54, 1.807) is 13.3 Å². The minimum atomic E-state index is -0.648. The smallest absolute Gasteiger partial charge is 0.273 e. The summed E-state index contributed by atoms with van der Waals surface area (Å²) in [5.74, 6) is 0.254. The molecule has 23 heavy (non-hydrogen) atoms. The van der Waals surface area contributed by atoms with Crippen LogP contribution in [0.15, 0.2) is 51.3 Å². The number of fused-ring (bicyclic) bond motifs is 2. The number of pyridine rings is 1. The van der Waals surface area contributed by atoms with Crippen molar-refractivity contribution in [3.63, 3.8) is 0 Å². The van der Waals surface area contributed by atoms with Crippen LogP contribution in [0.25, 0.3) is 0 Å². The first kappa shape index (κ1) is 13.9. The van der Waals surface area contributed by atoms with Crippen molar-refractivity contribution in [2.75, 3.05) is 7.11 Å². The molecule has 6 heteroatoms. The maximum absolute atomic E-state index is 12.7. The molecule has 0 bridgehead atoms. The van der Waals surface area contributed by atoms with Gasteiger partial charge < -0.3 is 10.1 Å². The average Bonchev–Trinajstić information content (AvgIpc) is 3.01. The van der Waals surface area contributed by atoms with Crippen LogP contribution in [0.3, 0.4) is 0 Å². The number of amides is 1. The summed E-state index contributed by atoms with van der Waals surface area (Å²) in [6.45, 7) is 3.82. The molecule has 0 saturated heterocycles. The highest BCUT2D eigenvalue weighted by Crippen LogP contribution is 2.44. The topological polar surface area (TPSA) is 75.9 Å². The fraction of sp³-hybridized carbons (Fsp3) is 0.294. The zero-order chi connectivity index (χ0) is 16.2. The van der Waals surface area contributed by atoms with Crippen LogP contribution in [0, 0.1) is 0 Å². The molecule has 0 spiro atoms. The second-order valence-corrected chi connectivity index (χ2v) is 6.28. The average molecular weight is 308 g/mol. The van der Waals surface area contributed by atoms with Crippen LogP contribution in [0.1, 0.15) is 25.8 Å². The van der Waals surface area contributed by atoms with Crippen molar-refractivity contribution in [1.82, 2.24) is 10.3 Å². The van der Waals surface area contributed by atoms with Gasteiger partial charge in [0.1, 0.15) is 0 Å². The molecule has 0 unspecified atom stereocenters. The molecule has 1 N–H and O–H groups in total. The molecule has 2 heterocycles. The van der Waals surface area contributed by atoms with E-state index in [1.807, 2.05) is 32.1 Å². The maximum atomic E-state index is 12.7. The third-order valence-electron chi connectivity index (χ3n) is 4.27. The molecule has 6 nitrogen and oxygen atoms in total. The molecule has 1 aliphatic heterocycles. The van der Waals surface area contributed by atoms with Crippen LogP contribution >= 0.6 is 0 Å². The molecule has 0 saturated carbocycles. The van der Waals surface area contributed by atoms with E-state index in [1.165, 1.54) is 11.1 Å². The van der Waals surface area contributed by atoms with Gasteiger partial charge in [-0.2, -0.15) is 0 Å². The summed E-state index contributed by atoms with van der Waals surface area (Å²) < 4.78 is 5.29. The fourth-order valence-corrected chi connectivity index (χ4v) is 2.98. The Bertz CT molecular complexity index is 859. The van der Waals surface area contributed by atoms with Gasteiger partial charge in [0.2, 0.25) is 5.88 Å². The lowest BCUT2D eigenvalue weighted by atomic mass is 9.94. The molecular weight excluding hydrogens is 292 g/mol. The number of nitrogens with zero attached hydrogens (tertiary/aromatic N) is 3. The Morgan fingerprint density at radius 2 is 2.17 bits per heavy atom. The van der Waals surface area contributed by atoms with Crippen molar-refractivity contribution < 1.29 is 9.53 Å². The summed E-state index contributed by atoms with van der Waals surface area (Å²) in [5.41, 5.74) is 4.73. The summed E-state index contributed by atoms with van der Waals surface area (Å²) in [4.78, 5) is 16.9. The van der Waals surface area contributed by atoms with Crippen molar-refractivity contribution in [3.05, 3.63) is 46.7 Å². The molecular formula is C17H16N4O2. The van der Waals surface area contributed by atoms with E-state index in [4.69, 9.17) is 4.74 Å². The highest BCUT2D eigenvalue weighted by Gasteiger charge is 2.41. The van der Waals surface area contributed by atoms with Gasteiger partial charge >= 0.3 is 0 Å². The van der Waals surface area contributed by atoms with Gasteiger partial charge in [-0.25, -0.2) is 4.98 Å². The van der Waals surface area contributed by atoms with E-state index in [9.17, 15) is 4.79 Å². The molecule has 4 rings (SSSR count). The lowest BCUT2D eigenvalue weighted by molar-refractivity contribution is -0.116. The molecule has 3 aliphatic rings. The first-order valence-corrected chi connectivity index (χ1v) is 7.44. The zero-order valence-electron chi connectivity index (χ0n) is 13.2. The van der Waals surface area contributed by atoms with E-state index in [0.29, 0.717) is 11.6 Å². The molecule has 116 valence electrons. The van der Waals surface area contributed by atoms with Crippen LogP contribution < -0.4 is 10.1 Å². The molecule has 1 aromatic rings. The highest BCUT2D eigenvalue weighted by atomic mass is 16.5. The first-order valence-electron chi connectivity index (χ1n) is 7.44. The maximum Gasteiger partial charge on any atom is 0.273 e. The molecule has 2 aliphatic carbocycles.